The summed E-state index contributed by atoms with van der Waals surface area (Å²) in [6.07, 6.45) is 0.256. The van der Waals surface area contributed by atoms with Gasteiger partial charge in [-0.25, -0.2) is 8.78 Å². The maximum atomic E-state index is 12.8. The fourth-order valence-electron chi connectivity index (χ4n) is 3.48. The summed E-state index contributed by atoms with van der Waals surface area (Å²) in [6.45, 7) is 2.08. The summed E-state index contributed by atoms with van der Waals surface area (Å²) in [5.74, 6) is -0.196. The molecular formula is C18H23F2N3O2. The standard InChI is InChI=1S/C18H23F2N3O2/c19-17(20)13-4-1-3-12(9-13)10-23-8-7-14(11-23)21-18(25)15-5-2-6-16(24)22-15/h1,3-4,9,14-15,17H,2,5-8,10-11H2,(H,21,25)(H,22,24)/t14-,15-/m1/s1. The molecule has 7 heteroatoms. The van der Waals surface area contributed by atoms with Crippen molar-refractivity contribution in [3.63, 3.8) is 0 Å². The quantitative estimate of drug-likeness (QED) is 0.853. The lowest BCUT2D eigenvalue weighted by Crippen LogP contribution is -2.51. The van der Waals surface area contributed by atoms with E-state index >= 15 is 0 Å². The Kier molecular flexibility index (Phi) is 5.63. The Morgan fingerprint density at radius 2 is 2.20 bits per heavy atom. The van der Waals surface area contributed by atoms with Crippen molar-refractivity contribution in [1.29, 1.82) is 0 Å². The summed E-state index contributed by atoms with van der Waals surface area (Å²) in [7, 11) is 0. The minimum atomic E-state index is -2.46. The highest BCUT2D eigenvalue weighted by molar-refractivity contribution is 5.88. The molecule has 2 atom stereocenters. The van der Waals surface area contributed by atoms with Crippen molar-refractivity contribution >= 4 is 11.8 Å². The summed E-state index contributed by atoms with van der Waals surface area (Å²) in [5.41, 5.74) is 0.888. The van der Waals surface area contributed by atoms with Gasteiger partial charge in [-0.2, -0.15) is 0 Å². The van der Waals surface area contributed by atoms with E-state index in [-0.39, 0.29) is 23.4 Å². The average molecular weight is 351 g/mol. The van der Waals surface area contributed by atoms with Crippen LogP contribution < -0.4 is 10.6 Å². The lowest BCUT2D eigenvalue weighted by Gasteiger charge is -2.24. The van der Waals surface area contributed by atoms with Crippen LogP contribution in [0.15, 0.2) is 24.3 Å². The largest absolute Gasteiger partial charge is 0.350 e. The number of amides is 2. The number of piperidine rings is 1. The summed E-state index contributed by atoms with van der Waals surface area (Å²) in [4.78, 5) is 25.8. The van der Waals surface area contributed by atoms with Crippen LogP contribution in [0.3, 0.4) is 0 Å². The molecule has 2 saturated heterocycles. The Balaban J connectivity index is 1.49. The number of alkyl halides is 2. The van der Waals surface area contributed by atoms with E-state index in [1.54, 1.807) is 6.07 Å². The molecule has 136 valence electrons. The third-order valence-corrected chi connectivity index (χ3v) is 4.78. The molecule has 2 fully saturated rings. The number of carbonyl (C=O) groups is 2. The molecular weight excluding hydrogens is 328 g/mol. The van der Waals surface area contributed by atoms with Crippen molar-refractivity contribution in [3.8, 4) is 0 Å². The average Bonchev–Trinajstić information content (AvgIpc) is 3.02. The normalized spacial score (nSPS) is 24.4. The van der Waals surface area contributed by atoms with E-state index in [2.05, 4.69) is 15.5 Å². The molecule has 2 amide bonds. The van der Waals surface area contributed by atoms with Crippen LogP contribution in [0.25, 0.3) is 0 Å². The van der Waals surface area contributed by atoms with Gasteiger partial charge in [0.15, 0.2) is 0 Å². The molecule has 0 aromatic heterocycles. The van der Waals surface area contributed by atoms with Gasteiger partial charge < -0.3 is 10.6 Å². The highest BCUT2D eigenvalue weighted by Gasteiger charge is 2.29. The first kappa shape index (κ1) is 17.8. The molecule has 2 N–H and O–H groups in total. The number of hydrogen-bond donors (Lipinski definition) is 2. The summed E-state index contributed by atoms with van der Waals surface area (Å²) < 4.78 is 25.6. The maximum absolute atomic E-state index is 12.8. The van der Waals surface area contributed by atoms with Gasteiger partial charge in [-0.05, 0) is 30.9 Å². The van der Waals surface area contributed by atoms with Crippen molar-refractivity contribution in [1.82, 2.24) is 15.5 Å². The minimum Gasteiger partial charge on any atom is -0.350 e. The number of halogens is 2. The zero-order valence-electron chi connectivity index (χ0n) is 14.0. The molecule has 0 bridgehead atoms. The number of nitrogens with zero attached hydrogens (tertiary/aromatic N) is 1. The molecule has 25 heavy (non-hydrogen) atoms. The van der Waals surface area contributed by atoms with Crippen molar-refractivity contribution < 1.29 is 18.4 Å². The third-order valence-electron chi connectivity index (χ3n) is 4.78. The predicted octanol–water partition coefficient (Wildman–Crippen LogP) is 1.98. The summed E-state index contributed by atoms with van der Waals surface area (Å²) >= 11 is 0. The van der Waals surface area contributed by atoms with E-state index in [0.29, 0.717) is 25.9 Å². The highest BCUT2D eigenvalue weighted by atomic mass is 19.3. The molecule has 1 aromatic rings. The van der Waals surface area contributed by atoms with Gasteiger partial charge in [0.1, 0.15) is 6.04 Å². The lowest BCUT2D eigenvalue weighted by atomic mass is 10.0. The number of benzene rings is 1. The molecule has 2 aliphatic rings. The number of hydrogen-bond acceptors (Lipinski definition) is 3. The van der Waals surface area contributed by atoms with Crippen LogP contribution in [-0.2, 0) is 16.1 Å². The second-order valence-electron chi connectivity index (χ2n) is 6.79. The Morgan fingerprint density at radius 3 is 2.96 bits per heavy atom. The van der Waals surface area contributed by atoms with Gasteiger partial charge in [-0.1, -0.05) is 18.2 Å². The number of nitrogens with one attached hydrogen (secondary N) is 2. The third kappa shape index (κ3) is 4.75. The van der Waals surface area contributed by atoms with E-state index in [4.69, 9.17) is 0 Å². The molecule has 2 aliphatic heterocycles. The monoisotopic (exact) mass is 351 g/mol. The maximum Gasteiger partial charge on any atom is 0.263 e. The van der Waals surface area contributed by atoms with Crippen LogP contribution in [0, 0.1) is 0 Å². The Labute approximate surface area is 145 Å². The van der Waals surface area contributed by atoms with Crippen molar-refractivity contribution in [2.45, 2.75) is 50.7 Å². The molecule has 0 spiro atoms. The van der Waals surface area contributed by atoms with E-state index in [1.165, 1.54) is 12.1 Å². The van der Waals surface area contributed by atoms with E-state index in [1.807, 2.05) is 6.07 Å². The molecule has 2 heterocycles. The van der Waals surface area contributed by atoms with Crippen LogP contribution in [0.5, 0.6) is 0 Å². The Morgan fingerprint density at radius 1 is 1.36 bits per heavy atom. The minimum absolute atomic E-state index is 0.0320. The van der Waals surface area contributed by atoms with Gasteiger partial charge in [0.2, 0.25) is 11.8 Å². The topological polar surface area (TPSA) is 61.4 Å². The first-order chi connectivity index (χ1) is 12.0. The van der Waals surface area contributed by atoms with Crippen molar-refractivity contribution in [2.24, 2.45) is 0 Å². The molecule has 0 aliphatic carbocycles. The first-order valence-corrected chi connectivity index (χ1v) is 8.70. The van der Waals surface area contributed by atoms with Crippen LogP contribution >= 0.6 is 0 Å². The summed E-state index contributed by atoms with van der Waals surface area (Å²) in [6, 6.07) is 6.06. The zero-order valence-corrected chi connectivity index (χ0v) is 14.0. The Bertz CT molecular complexity index is 639. The summed E-state index contributed by atoms with van der Waals surface area (Å²) in [5, 5.41) is 5.72. The van der Waals surface area contributed by atoms with Crippen LogP contribution in [-0.4, -0.2) is 41.9 Å². The van der Waals surface area contributed by atoms with Crippen LogP contribution in [0.4, 0.5) is 8.78 Å². The van der Waals surface area contributed by atoms with E-state index in [0.717, 1.165) is 24.9 Å². The van der Waals surface area contributed by atoms with Gasteiger partial charge in [0.05, 0.1) is 0 Å². The van der Waals surface area contributed by atoms with E-state index < -0.39 is 12.5 Å². The van der Waals surface area contributed by atoms with Gasteiger partial charge >= 0.3 is 0 Å². The molecule has 0 saturated carbocycles. The number of carbonyl (C=O) groups excluding carboxylic acids is 2. The van der Waals surface area contributed by atoms with E-state index in [9.17, 15) is 18.4 Å². The second kappa shape index (κ2) is 7.91. The predicted molar refractivity (Wildman–Crippen MR) is 89.0 cm³/mol. The Hall–Kier alpha value is -2.02. The fourth-order valence-corrected chi connectivity index (χ4v) is 3.48. The zero-order chi connectivity index (χ0) is 17.8. The molecule has 3 rings (SSSR count). The van der Waals surface area contributed by atoms with Crippen molar-refractivity contribution in [2.75, 3.05) is 13.1 Å². The molecule has 0 unspecified atom stereocenters. The SMILES string of the molecule is O=C1CCC[C@H](C(=O)N[C@@H]2CCN(Cc3cccc(C(F)F)c3)C2)N1. The van der Waals surface area contributed by atoms with Crippen molar-refractivity contribution in [3.05, 3.63) is 35.4 Å². The second-order valence-corrected chi connectivity index (χ2v) is 6.79. The highest BCUT2D eigenvalue weighted by Crippen LogP contribution is 2.21. The molecule has 1 aromatic carbocycles. The molecule has 0 radical (unpaired) electrons. The number of rotatable bonds is 5. The van der Waals surface area contributed by atoms with Gasteiger partial charge in [0, 0.05) is 37.7 Å². The van der Waals surface area contributed by atoms with Crippen LogP contribution in [0.1, 0.15) is 43.2 Å². The first-order valence-electron chi connectivity index (χ1n) is 8.70. The van der Waals surface area contributed by atoms with Gasteiger partial charge in [-0.3, -0.25) is 14.5 Å². The smallest absolute Gasteiger partial charge is 0.263 e. The van der Waals surface area contributed by atoms with Crippen LogP contribution in [0.2, 0.25) is 0 Å². The van der Waals surface area contributed by atoms with Gasteiger partial charge in [-0.15, -0.1) is 0 Å². The fraction of sp³-hybridized carbons (Fsp3) is 0.556. The number of likely N-dealkylation sites (tertiary alicyclic amines) is 1. The lowest BCUT2D eigenvalue weighted by molar-refractivity contribution is -0.131. The molecule has 5 nitrogen and oxygen atoms in total. The van der Waals surface area contributed by atoms with Gasteiger partial charge in [0.25, 0.3) is 6.43 Å².